The molecule has 1 aromatic heterocycles. The van der Waals surface area contributed by atoms with Gasteiger partial charge in [0.25, 0.3) is 0 Å². The molecule has 4 rings (SSSR count). The number of aromatic nitrogens is 1. The maximum Gasteiger partial charge on any atom is 0.332 e. The third-order valence-corrected chi connectivity index (χ3v) is 5.87. The fourth-order valence-electron chi connectivity index (χ4n) is 4.33. The third kappa shape index (κ3) is 3.73. The first-order chi connectivity index (χ1) is 15.1. The van der Waals surface area contributed by atoms with Crippen LogP contribution in [0.15, 0.2) is 36.4 Å². The van der Waals surface area contributed by atoms with Gasteiger partial charge in [-0.3, -0.25) is 0 Å². The molecule has 2 atom stereocenters. The summed E-state index contributed by atoms with van der Waals surface area (Å²) in [7, 11) is 0. The summed E-state index contributed by atoms with van der Waals surface area (Å²) in [5.41, 5.74) is 2.14. The Kier molecular flexibility index (Phi) is 5.68. The molecule has 0 amide bonds. The van der Waals surface area contributed by atoms with Gasteiger partial charge in [0, 0.05) is 40.2 Å². The van der Waals surface area contributed by atoms with Crippen LogP contribution in [-0.4, -0.2) is 40.1 Å². The predicted octanol–water partition coefficient (Wildman–Crippen LogP) is 4.84. The van der Waals surface area contributed by atoms with Gasteiger partial charge in [-0.25, -0.2) is 13.6 Å². The highest BCUT2D eigenvalue weighted by molar-refractivity contribution is 5.93. The Morgan fingerprint density at radius 3 is 2.72 bits per heavy atom. The quantitative estimate of drug-likeness (QED) is 0.567. The minimum Gasteiger partial charge on any atom is -0.507 e. The highest BCUT2D eigenvalue weighted by Crippen LogP contribution is 2.48. The van der Waals surface area contributed by atoms with E-state index in [1.54, 1.807) is 12.1 Å². The van der Waals surface area contributed by atoms with Crippen LogP contribution in [-0.2, 0) is 19.7 Å². The molecule has 0 bridgehead atoms. The molecule has 32 heavy (non-hydrogen) atoms. The number of nitrogens with zero attached hydrogens (tertiary/aromatic N) is 1. The molecule has 1 aliphatic rings. The van der Waals surface area contributed by atoms with Gasteiger partial charge in [-0.05, 0) is 31.2 Å². The number of phenols is 1. The summed E-state index contributed by atoms with van der Waals surface area (Å²) in [6, 6.07) is 8.79. The average Bonchev–Trinajstić information content (AvgIpc) is 3.09. The summed E-state index contributed by atoms with van der Waals surface area (Å²) in [5, 5.41) is 20.4. The van der Waals surface area contributed by atoms with Crippen molar-refractivity contribution in [2.24, 2.45) is 0 Å². The summed E-state index contributed by atoms with van der Waals surface area (Å²) in [6.07, 6.45) is -1.06. The van der Waals surface area contributed by atoms with Crippen molar-refractivity contribution >= 4 is 16.9 Å². The maximum absolute atomic E-state index is 14.1. The first kappa shape index (κ1) is 22.2. The molecule has 0 saturated heterocycles. The minimum absolute atomic E-state index is 0.0474. The molecule has 1 aliphatic heterocycles. The number of rotatable bonds is 6. The number of hydrogen-bond acceptors (Lipinski definition) is 4. The topological polar surface area (TPSA) is 80.9 Å². The van der Waals surface area contributed by atoms with E-state index in [0.29, 0.717) is 29.6 Å². The van der Waals surface area contributed by atoms with E-state index in [4.69, 9.17) is 14.6 Å². The van der Waals surface area contributed by atoms with Gasteiger partial charge in [0.1, 0.15) is 5.75 Å². The maximum atomic E-state index is 14.1. The van der Waals surface area contributed by atoms with Gasteiger partial charge < -0.3 is 24.3 Å². The van der Waals surface area contributed by atoms with Gasteiger partial charge >= 0.3 is 5.97 Å². The highest BCUT2D eigenvalue weighted by atomic mass is 19.2. The van der Waals surface area contributed by atoms with Crippen molar-refractivity contribution in [3.8, 4) is 11.4 Å². The van der Waals surface area contributed by atoms with E-state index in [-0.39, 0.29) is 12.4 Å². The van der Waals surface area contributed by atoms with Gasteiger partial charge in [0.05, 0.1) is 24.8 Å². The number of aromatic hydroxyl groups is 1. The van der Waals surface area contributed by atoms with Gasteiger partial charge in [0.15, 0.2) is 17.7 Å². The first-order valence-electron chi connectivity index (χ1n) is 10.4. The van der Waals surface area contributed by atoms with Crippen molar-refractivity contribution in [1.82, 2.24) is 4.57 Å². The lowest BCUT2D eigenvalue weighted by molar-refractivity contribution is -0.149. The Morgan fingerprint density at radius 1 is 1.28 bits per heavy atom. The van der Waals surface area contributed by atoms with Crippen molar-refractivity contribution in [3.05, 3.63) is 59.3 Å². The second-order valence-electron chi connectivity index (χ2n) is 8.69. The summed E-state index contributed by atoms with van der Waals surface area (Å²) < 4.78 is 41.1. The van der Waals surface area contributed by atoms with Crippen LogP contribution in [0.5, 0.6) is 5.75 Å². The summed E-state index contributed by atoms with van der Waals surface area (Å²) in [5.74, 6) is -2.90. The minimum atomic E-state index is -1.05. The standard InChI is InChI=1S/C24H25F2NO5/c1-13(23(29)30)31-10-9-19-21-20-17(5-4-6-18(20)28)27(22(21)24(2,3)12-32-19)14-7-8-15(25)16(26)11-14/h4-8,11,13,19,28H,9-10,12H2,1-3H3,(H,29,30)/t13?,19-/m1/s1. The summed E-state index contributed by atoms with van der Waals surface area (Å²) in [6.45, 7) is 5.91. The number of carbonyl (C=O) groups is 1. The number of hydrogen-bond donors (Lipinski definition) is 2. The number of phenolic OH excluding ortho intramolecular Hbond substituents is 1. The summed E-state index contributed by atoms with van der Waals surface area (Å²) >= 11 is 0. The van der Waals surface area contributed by atoms with E-state index in [0.717, 1.165) is 23.4 Å². The molecule has 0 saturated carbocycles. The van der Waals surface area contributed by atoms with Crippen LogP contribution in [0.3, 0.4) is 0 Å². The van der Waals surface area contributed by atoms with Crippen molar-refractivity contribution in [1.29, 1.82) is 0 Å². The molecule has 2 heterocycles. The lowest BCUT2D eigenvalue weighted by Gasteiger charge is -2.36. The Hall–Kier alpha value is -2.97. The fourth-order valence-corrected chi connectivity index (χ4v) is 4.33. The van der Waals surface area contributed by atoms with Crippen molar-refractivity contribution in [2.45, 2.75) is 44.8 Å². The van der Waals surface area contributed by atoms with E-state index < -0.39 is 35.2 Å². The van der Waals surface area contributed by atoms with Crippen LogP contribution in [0.4, 0.5) is 8.78 Å². The molecule has 6 nitrogen and oxygen atoms in total. The van der Waals surface area contributed by atoms with E-state index >= 15 is 0 Å². The zero-order valence-electron chi connectivity index (χ0n) is 18.1. The predicted molar refractivity (Wildman–Crippen MR) is 114 cm³/mol. The smallest absolute Gasteiger partial charge is 0.332 e. The normalized spacial score (nSPS) is 18.5. The molecule has 2 aromatic carbocycles. The molecule has 0 aliphatic carbocycles. The molecule has 0 spiro atoms. The Morgan fingerprint density at radius 2 is 2.03 bits per heavy atom. The monoisotopic (exact) mass is 445 g/mol. The van der Waals surface area contributed by atoms with Crippen LogP contribution in [0.25, 0.3) is 16.6 Å². The number of carboxylic acid groups (broad SMARTS) is 1. The number of halogens is 2. The van der Waals surface area contributed by atoms with E-state index in [1.165, 1.54) is 13.0 Å². The van der Waals surface area contributed by atoms with Crippen molar-refractivity contribution in [3.63, 3.8) is 0 Å². The van der Waals surface area contributed by atoms with Gasteiger partial charge in [-0.15, -0.1) is 0 Å². The summed E-state index contributed by atoms with van der Waals surface area (Å²) in [4.78, 5) is 11.0. The molecule has 1 unspecified atom stereocenters. The number of ether oxygens (including phenoxy) is 2. The SMILES string of the molecule is CC(OCC[C@H]1OCC(C)(C)c2c1c1c(O)cccc1n2-c1ccc(F)c(F)c1)C(=O)O. The van der Waals surface area contributed by atoms with Crippen molar-refractivity contribution in [2.75, 3.05) is 13.2 Å². The molecule has 0 fully saturated rings. The van der Waals surface area contributed by atoms with Crippen LogP contribution in [0, 0.1) is 11.6 Å². The van der Waals surface area contributed by atoms with Crippen LogP contribution < -0.4 is 0 Å². The van der Waals surface area contributed by atoms with Gasteiger partial charge in [-0.1, -0.05) is 19.9 Å². The zero-order chi connectivity index (χ0) is 23.2. The second kappa shape index (κ2) is 8.18. The van der Waals surface area contributed by atoms with Crippen LogP contribution in [0.2, 0.25) is 0 Å². The van der Waals surface area contributed by atoms with Crippen LogP contribution in [0.1, 0.15) is 44.6 Å². The molecule has 8 heteroatoms. The molecular weight excluding hydrogens is 420 g/mol. The van der Waals surface area contributed by atoms with Crippen molar-refractivity contribution < 1.29 is 33.3 Å². The molecular formula is C24H25F2NO5. The Bertz CT molecular complexity index is 1190. The lowest BCUT2D eigenvalue weighted by Crippen LogP contribution is -2.35. The first-order valence-corrected chi connectivity index (χ1v) is 10.4. The second-order valence-corrected chi connectivity index (χ2v) is 8.69. The lowest BCUT2D eigenvalue weighted by atomic mass is 9.82. The van der Waals surface area contributed by atoms with Gasteiger partial charge in [-0.2, -0.15) is 0 Å². The van der Waals surface area contributed by atoms with E-state index in [9.17, 15) is 18.7 Å². The van der Waals surface area contributed by atoms with Crippen LogP contribution >= 0.6 is 0 Å². The van der Waals surface area contributed by atoms with Gasteiger partial charge in [0.2, 0.25) is 0 Å². The largest absolute Gasteiger partial charge is 0.507 e. The number of fused-ring (bicyclic) bond motifs is 3. The number of aliphatic carboxylic acids is 1. The van der Waals surface area contributed by atoms with E-state index in [2.05, 4.69) is 0 Å². The molecule has 170 valence electrons. The highest BCUT2D eigenvalue weighted by Gasteiger charge is 2.40. The molecule has 3 aromatic rings. The average molecular weight is 445 g/mol. The zero-order valence-corrected chi connectivity index (χ0v) is 18.1. The molecule has 2 N–H and O–H groups in total. The number of benzene rings is 2. The van der Waals surface area contributed by atoms with E-state index in [1.807, 2.05) is 24.5 Å². The third-order valence-electron chi connectivity index (χ3n) is 5.87. The number of carboxylic acids is 1. The Labute approximate surface area is 184 Å². The Balaban J connectivity index is 1.89. The molecule has 0 radical (unpaired) electrons. The fraction of sp³-hybridized carbons (Fsp3) is 0.375.